The maximum atomic E-state index is 13.4. The molecule has 0 heterocycles. The van der Waals surface area contributed by atoms with Crippen LogP contribution < -0.4 is 10.5 Å². The Morgan fingerprint density at radius 1 is 1.06 bits per heavy atom. The summed E-state index contributed by atoms with van der Waals surface area (Å²) < 4.78 is 18.9. The summed E-state index contributed by atoms with van der Waals surface area (Å²) in [6.45, 7) is 3.64. The zero-order valence-electron chi connectivity index (χ0n) is 10.5. The van der Waals surface area contributed by atoms with Crippen LogP contribution in [0.5, 0.6) is 11.5 Å². The van der Waals surface area contributed by atoms with Gasteiger partial charge in [-0.15, -0.1) is 0 Å². The lowest BCUT2D eigenvalue weighted by molar-refractivity contribution is 0.475. The molecule has 0 fully saturated rings. The molecule has 1 unspecified atom stereocenters. The van der Waals surface area contributed by atoms with Crippen LogP contribution in [0, 0.1) is 12.7 Å². The fourth-order valence-corrected chi connectivity index (χ4v) is 1.61. The quantitative estimate of drug-likeness (QED) is 0.888. The number of benzene rings is 2. The normalized spacial score (nSPS) is 12.2. The number of rotatable bonds is 3. The van der Waals surface area contributed by atoms with Crippen molar-refractivity contribution in [1.82, 2.24) is 0 Å². The third-order valence-corrected chi connectivity index (χ3v) is 2.78. The first-order chi connectivity index (χ1) is 8.56. The average Bonchev–Trinajstić information content (AvgIpc) is 2.34. The Bertz CT molecular complexity index is 535. The van der Waals surface area contributed by atoms with E-state index in [0.29, 0.717) is 17.1 Å². The molecule has 0 bridgehead atoms. The molecule has 0 saturated carbocycles. The summed E-state index contributed by atoms with van der Waals surface area (Å²) in [4.78, 5) is 0. The van der Waals surface area contributed by atoms with Crippen LogP contribution in [0.25, 0.3) is 0 Å². The Morgan fingerprint density at radius 3 is 2.22 bits per heavy atom. The van der Waals surface area contributed by atoms with Crippen LogP contribution in [0.4, 0.5) is 4.39 Å². The van der Waals surface area contributed by atoms with E-state index in [1.807, 2.05) is 31.2 Å². The van der Waals surface area contributed by atoms with Gasteiger partial charge in [-0.3, -0.25) is 0 Å². The predicted octanol–water partition coefficient (Wildman–Crippen LogP) is 3.95. The van der Waals surface area contributed by atoms with Gasteiger partial charge in [-0.2, -0.15) is 0 Å². The van der Waals surface area contributed by atoms with Gasteiger partial charge in [-0.05, 0) is 43.2 Å². The first kappa shape index (κ1) is 12.6. The number of hydrogen-bond acceptors (Lipinski definition) is 2. The Hall–Kier alpha value is -1.87. The van der Waals surface area contributed by atoms with Gasteiger partial charge in [0.1, 0.15) is 17.3 Å². The van der Waals surface area contributed by atoms with E-state index >= 15 is 0 Å². The summed E-state index contributed by atoms with van der Waals surface area (Å²) in [6, 6.07) is 12.3. The van der Waals surface area contributed by atoms with E-state index in [9.17, 15) is 4.39 Å². The topological polar surface area (TPSA) is 35.2 Å². The minimum atomic E-state index is -0.264. The van der Waals surface area contributed by atoms with Crippen LogP contribution in [0.1, 0.15) is 24.1 Å². The van der Waals surface area contributed by atoms with Crippen molar-refractivity contribution in [2.24, 2.45) is 5.73 Å². The number of hydrogen-bond donors (Lipinski definition) is 1. The lowest BCUT2D eigenvalue weighted by Crippen LogP contribution is -2.04. The molecule has 18 heavy (non-hydrogen) atoms. The molecule has 2 aromatic rings. The first-order valence-electron chi connectivity index (χ1n) is 5.86. The van der Waals surface area contributed by atoms with Gasteiger partial charge in [0.25, 0.3) is 0 Å². The summed E-state index contributed by atoms with van der Waals surface area (Å²) in [6.07, 6.45) is 0. The predicted molar refractivity (Wildman–Crippen MR) is 70.3 cm³/mol. The standard InChI is InChI=1S/C15H16FNO/c1-10-3-6-14(9-15(10)16)18-13-7-4-12(5-8-13)11(2)17/h3-9,11H,17H2,1-2H3. The van der Waals surface area contributed by atoms with Crippen molar-refractivity contribution in [2.75, 3.05) is 0 Å². The average molecular weight is 245 g/mol. The molecule has 2 N–H and O–H groups in total. The molecule has 2 nitrogen and oxygen atoms in total. The van der Waals surface area contributed by atoms with Crippen LogP contribution >= 0.6 is 0 Å². The van der Waals surface area contributed by atoms with E-state index in [1.54, 1.807) is 19.1 Å². The molecule has 3 heteroatoms. The van der Waals surface area contributed by atoms with Crippen molar-refractivity contribution in [3.05, 3.63) is 59.4 Å². The second-order valence-corrected chi connectivity index (χ2v) is 4.37. The SMILES string of the molecule is Cc1ccc(Oc2ccc(C(C)N)cc2)cc1F. The molecule has 0 radical (unpaired) electrons. The lowest BCUT2D eigenvalue weighted by Gasteiger charge is -2.09. The number of halogens is 1. The van der Waals surface area contributed by atoms with Crippen molar-refractivity contribution in [3.8, 4) is 11.5 Å². The highest BCUT2D eigenvalue weighted by Gasteiger charge is 2.03. The summed E-state index contributed by atoms with van der Waals surface area (Å²) in [5.41, 5.74) is 7.41. The van der Waals surface area contributed by atoms with E-state index < -0.39 is 0 Å². The summed E-state index contributed by atoms with van der Waals surface area (Å²) in [5, 5.41) is 0. The zero-order chi connectivity index (χ0) is 13.1. The molecule has 0 amide bonds. The monoisotopic (exact) mass is 245 g/mol. The van der Waals surface area contributed by atoms with Crippen LogP contribution in [0.2, 0.25) is 0 Å². The number of nitrogens with two attached hydrogens (primary N) is 1. The highest BCUT2D eigenvalue weighted by Crippen LogP contribution is 2.24. The third-order valence-electron chi connectivity index (χ3n) is 2.78. The number of aryl methyl sites for hydroxylation is 1. The van der Waals surface area contributed by atoms with Gasteiger partial charge in [0, 0.05) is 12.1 Å². The molecule has 2 aromatic carbocycles. The molecule has 1 atom stereocenters. The van der Waals surface area contributed by atoms with Crippen molar-refractivity contribution >= 4 is 0 Å². The molecule has 0 saturated heterocycles. The van der Waals surface area contributed by atoms with Gasteiger partial charge in [0.2, 0.25) is 0 Å². The van der Waals surface area contributed by atoms with Gasteiger partial charge in [0.05, 0.1) is 0 Å². The van der Waals surface area contributed by atoms with Gasteiger partial charge < -0.3 is 10.5 Å². The fourth-order valence-electron chi connectivity index (χ4n) is 1.61. The molecule has 0 spiro atoms. The summed E-state index contributed by atoms with van der Waals surface area (Å²) in [5.74, 6) is 0.897. The minimum Gasteiger partial charge on any atom is -0.457 e. The molecule has 0 aliphatic heterocycles. The molecular weight excluding hydrogens is 229 g/mol. The highest BCUT2D eigenvalue weighted by atomic mass is 19.1. The Balaban J connectivity index is 2.15. The maximum Gasteiger partial charge on any atom is 0.130 e. The van der Waals surface area contributed by atoms with E-state index in [2.05, 4.69) is 0 Å². The second kappa shape index (κ2) is 5.19. The van der Waals surface area contributed by atoms with Crippen molar-refractivity contribution in [2.45, 2.75) is 19.9 Å². The van der Waals surface area contributed by atoms with Gasteiger partial charge in [0.15, 0.2) is 0 Å². The van der Waals surface area contributed by atoms with Crippen molar-refractivity contribution in [3.63, 3.8) is 0 Å². The van der Waals surface area contributed by atoms with Crippen LogP contribution in [-0.2, 0) is 0 Å². The lowest BCUT2D eigenvalue weighted by atomic mass is 10.1. The smallest absolute Gasteiger partial charge is 0.130 e. The minimum absolute atomic E-state index is 0.00382. The highest BCUT2D eigenvalue weighted by molar-refractivity contribution is 5.35. The molecule has 0 aliphatic rings. The van der Waals surface area contributed by atoms with E-state index in [1.165, 1.54) is 6.07 Å². The molecule has 0 aliphatic carbocycles. The Kier molecular flexibility index (Phi) is 3.63. The number of ether oxygens (including phenoxy) is 1. The fraction of sp³-hybridized carbons (Fsp3) is 0.200. The van der Waals surface area contributed by atoms with E-state index in [4.69, 9.17) is 10.5 Å². The van der Waals surface area contributed by atoms with E-state index in [-0.39, 0.29) is 11.9 Å². The zero-order valence-corrected chi connectivity index (χ0v) is 10.5. The second-order valence-electron chi connectivity index (χ2n) is 4.37. The van der Waals surface area contributed by atoms with Gasteiger partial charge in [-0.1, -0.05) is 18.2 Å². The largest absolute Gasteiger partial charge is 0.457 e. The van der Waals surface area contributed by atoms with Crippen LogP contribution in [0.15, 0.2) is 42.5 Å². The maximum absolute atomic E-state index is 13.4. The van der Waals surface area contributed by atoms with Crippen molar-refractivity contribution < 1.29 is 9.13 Å². The van der Waals surface area contributed by atoms with Gasteiger partial charge >= 0.3 is 0 Å². The summed E-state index contributed by atoms with van der Waals surface area (Å²) >= 11 is 0. The summed E-state index contributed by atoms with van der Waals surface area (Å²) in [7, 11) is 0. The Labute approximate surface area is 106 Å². The molecule has 0 aromatic heterocycles. The molecule has 2 rings (SSSR count). The Morgan fingerprint density at radius 2 is 1.67 bits per heavy atom. The van der Waals surface area contributed by atoms with Crippen LogP contribution in [0.3, 0.4) is 0 Å². The molecule has 94 valence electrons. The van der Waals surface area contributed by atoms with E-state index in [0.717, 1.165) is 5.56 Å². The van der Waals surface area contributed by atoms with Crippen LogP contribution in [-0.4, -0.2) is 0 Å². The third kappa shape index (κ3) is 2.87. The first-order valence-corrected chi connectivity index (χ1v) is 5.86. The van der Waals surface area contributed by atoms with Gasteiger partial charge in [-0.25, -0.2) is 4.39 Å². The molecular formula is C15H16FNO. The van der Waals surface area contributed by atoms with Crippen molar-refractivity contribution in [1.29, 1.82) is 0 Å².